The van der Waals surface area contributed by atoms with E-state index >= 15 is 0 Å². The molecule has 0 saturated carbocycles. The molecule has 2 heterocycles. The Labute approximate surface area is 157 Å². The van der Waals surface area contributed by atoms with Crippen molar-refractivity contribution in [2.45, 2.75) is 25.8 Å². The Kier molecular flexibility index (Phi) is 5.83. The molecule has 7 heteroatoms. The van der Waals surface area contributed by atoms with Gasteiger partial charge in [-0.2, -0.15) is 0 Å². The topological polar surface area (TPSA) is 71.8 Å². The summed E-state index contributed by atoms with van der Waals surface area (Å²) in [5.74, 6) is 0.407. The van der Waals surface area contributed by atoms with Gasteiger partial charge in [0.1, 0.15) is 12.0 Å². The number of hydrogen-bond acceptors (Lipinski definition) is 4. The van der Waals surface area contributed by atoms with Crippen LogP contribution in [0.1, 0.15) is 28.8 Å². The Morgan fingerprint density at radius 1 is 1.31 bits per heavy atom. The van der Waals surface area contributed by atoms with Gasteiger partial charge in [0.25, 0.3) is 11.8 Å². The molecule has 1 fully saturated rings. The van der Waals surface area contributed by atoms with Crippen LogP contribution in [-0.2, 0) is 4.79 Å². The molecule has 6 nitrogen and oxygen atoms in total. The van der Waals surface area contributed by atoms with Crippen LogP contribution in [0.3, 0.4) is 0 Å². The van der Waals surface area contributed by atoms with E-state index < -0.39 is 0 Å². The van der Waals surface area contributed by atoms with Crippen LogP contribution in [-0.4, -0.2) is 42.5 Å². The van der Waals surface area contributed by atoms with E-state index in [-0.39, 0.29) is 24.5 Å². The number of benzene rings is 1. The zero-order valence-corrected chi connectivity index (χ0v) is 15.3. The van der Waals surface area contributed by atoms with Gasteiger partial charge in [0.2, 0.25) is 0 Å². The van der Waals surface area contributed by atoms with E-state index in [2.05, 4.69) is 5.32 Å². The number of carbonyl (C=O) groups is 2. The van der Waals surface area contributed by atoms with E-state index in [0.29, 0.717) is 29.4 Å². The number of likely N-dealkylation sites (tertiary alicyclic amines) is 1. The quantitative estimate of drug-likeness (QED) is 0.870. The Hall–Kier alpha value is -2.47. The fourth-order valence-corrected chi connectivity index (χ4v) is 3.04. The number of amides is 2. The number of halogens is 1. The second-order valence-corrected chi connectivity index (χ2v) is 6.75. The molecule has 0 aliphatic carbocycles. The third-order valence-electron chi connectivity index (χ3n) is 4.41. The number of hydrogen-bond donors (Lipinski definition) is 1. The molecular weight excluding hydrogens is 356 g/mol. The number of nitrogens with one attached hydrogen (secondary N) is 1. The van der Waals surface area contributed by atoms with E-state index in [1.165, 1.54) is 12.5 Å². The standard InChI is InChI=1S/C19H21ClN2O4/c1-13-10-16(2-3-17(13)20)26-12-18(23)21-15-4-7-22(8-5-15)19(24)14-6-9-25-11-14/h2-3,6,9-11,15H,4-5,7-8,12H2,1H3,(H,21,23). The maximum absolute atomic E-state index is 12.2. The van der Waals surface area contributed by atoms with Gasteiger partial charge in [-0.05, 0) is 49.6 Å². The largest absolute Gasteiger partial charge is 0.484 e. The van der Waals surface area contributed by atoms with Gasteiger partial charge in [0.05, 0.1) is 11.8 Å². The summed E-state index contributed by atoms with van der Waals surface area (Å²) >= 11 is 5.97. The van der Waals surface area contributed by atoms with Gasteiger partial charge in [-0.3, -0.25) is 9.59 Å². The third-order valence-corrected chi connectivity index (χ3v) is 4.84. The molecule has 0 unspecified atom stereocenters. The molecule has 1 N–H and O–H groups in total. The van der Waals surface area contributed by atoms with Gasteiger partial charge in [0, 0.05) is 24.2 Å². The summed E-state index contributed by atoms with van der Waals surface area (Å²) < 4.78 is 10.5. The Bertz CT molecular complexity index is 768. The number of carbonyl (C=O) groups excluding carboxylic acids is 2. The smallest absolute Gasteiger partial charge is 0.258 e. The lowest BCUT2D eigenvalue weighted by atomic mass is 10.0. The first-order valence-electron chi connectivity index (χ1n) is 8.52. The van der Waals surface area contributed by atoms with Gasteiger partial charge in [-0.25, -0.2) is 0 Å². The molecule has 26 heavy (non-hydrogen) atoms. The van der Waals surface area contributed by atoms with Crippen LogP contribution in [0.2, 0.25) is 5.02 Å². The minimum Gasteiger partial charge on any atom is -0.484 e. The first-order valence-corrected chi connectivity index (χ1v) is 8.90. The maximum atomic E-state index is 12.2. The summed E-state index contributed by atoms with van der Waals surface area (Å²) in [6.07, 6.45) is 4.37. The minimum atomic E-state index is -0.169. The Morgan fingerprint density at radius 2 is 2.08 bits per heavy atom. The highest BCUT2D eigenvalue weighted by molar-refractivity contribution is 6.31. The van der Waals surface area contributed by atoms with Crippen molar-refractivity contribution in [3.63, 3.8) is 0 Å². The van der Waals surface area contributed by atoms with Crippen molar-refractivity contribution in [3.8, 4) is 5.75 Å². The fourth-order valence-electron chi connectivity index (χ4n) is 2.92. The van der Waals surface area contributed by atoms with Crippen molar-refractivity contribution in [1.82, 2.24) is 10.2 Å². The SMILES string of the molecule is Cc1cc(OCC(=O)NC2CCN(C(=O)c3ccoc3)CC2)ccc1Cl. The molecule has 0 radical (unpaired) electrons. The van der Waals surface area contributed by atoms with E-state index in [9.17, 15) is 9.59 Å². The van der Waals surface area contributed by atoms with Gasteiger partial charge >= 0.3 is 0 Å². The highest BCUT2D eigenvalue weighted by Gasteiger charge is 2.25. The van der Waals surface area contributed by atoms with Crippen molar-refractivity contribution >= 4 is 23.4 Å². The molecule has 138 valence electrons. The van der Waals surface area contributed by atoms with E-state index in [4.69, 9.17) is 20.8 Å². The molecule has 2 aromatic rings. The van der Waals surface area contributed by atoms with Gasteiger partial charge in [-0.1, -0.05) is 11.6 Å². The van der Waals surface area contributed by atoms with Crippen LogP contribution < -0.4 is 10.1 Å². The Balaban J connectivity index is 1.42. The molecule has 3 rings (SSSR count). The highest BCUT2D eigenvalue weighted by Crippen LogP contribution is 2.21. The molecule has 1 aliphatic rings. The number of piperidine rings is 1. The summed E-state index contributed by atoms with van der Waals surface area (Å²) in [5, 5.41) is 3.63. The maximum Gasteiger partial charge on any atom is 0.258 e. The van der Waals surface area contributed by atoms with Gasteiger partial charge in [-0.15, -0.1) is 0 Å². The predicted molar refractivity (Wildman–Crippen MR) is 97.5 cm³/mol. The summed E-state index contributed by atoms with van der Waals surface area (Å²) in [5.41, 5.74) is 1.46. The third kappa shape index (κ3) is 4.58. The molecule has 0 atom stereocenters. The van der Waals surface area contributed by atoms with Crippen LogP contribution >= 0.6 is 11.6 Å². The van der Waals surface area contributed by atoms with Crippen LogP contribution in [0.15, 0.2) is 41.2 Å². The molecule has 1 aliphatic heterocycles. The molecular formula is C19H21ClN2O4. The number of nitrogens with zero attached hydrogens (tertiary/aromatic N) is 1. The van der Waals surface area contributed by atoms with Crippen molar-refractivity contribution < 1.29 is 18.7 Å². The second-order valence-electron chi connectivity index (χ2n) is 6.35. The average molecular weight is 377 g/mol. The molecule has 0 bridgehead atoms. The normalized spacial score (nSPS) is 14.9. The van der Waals surface area contributed by atoms with E-state index in [1.807, 2.05) is 6.92 Å². The zero-order valence-electron chi connectivity index (χ0n) is 14.5. The number of furan rings is 1. The number of ether oxygens (including phenoxy) is 1. The number of rotatable bonds is 5. The molecule has 1 aromatic heterocycles. The van der Waals surface area contributed by atoms with Crippen molar-refractivity contribution in [1.29, 1.82) is 0 Å². The molecule has 1 saturated heterocycles. The van der Waals surface area contributed by atoms with Crippen LogP contribution in [0.25, 0.3) is 0 Å². The molecule has 2 amide bonds. The summed E-state index contributed by atoms with van der Waals surface area (Å²) in [6.45, 7) is 3.04. The summed E-state index contributed by atoms with van der Waals surface area (Å²) in [4.78, 5) is 26.1. The highest BCUT2D eigenvalue weighted by atomic mass is 35.5. The Morgan fingerprint density at radius 3 is 2.73 bits per heavy atom. The zero-order chi connectivity index (χ0) is 18.5. The first kappa shape index (κ1) is 18.3. The molecule has 1 aromatic carbocycles. The van der Waals surface area contributed by atoms with Crippen molar-refractivity contribution in [2.24, 2.45) is 0 Å². The predicted octanol–water partition coefficient (Wildman–Crippen LogP) is 3.04. The van der Waals surface area contributed by atoms with Gasteiger partial charge in [0.15, 0.2) is 6.61 Å². The van der Waals surface area contributed by atoms with E-state index in [0.717, 1.165) is 18.4 Å². The lowest BCUT2D eigenvalue weighted by Gasteiger charge is -2.32. The van der Waals surface area contributed by atoms with Crippen LogP contribution in [0, 0.1) is 6.92 Å². The van der Waals surface area contributed by atoms with Crippen LogP contribution in [0.4, 0.5) is 0 Å². The fraction of sp³-hybridized carbons (Fsp3) is 0.368. The number of aryl methyl sites for hydroxylation is 1. The first-order chi connectivity index (χ1) is 12.5. The van der Waals surface area contributed by atoms with Crippen molar-refractivity contribution in [2.75, 3.05) is 19.7 Å². The monoisotopic (exact) mass is 376 g/mol. The lowest BCUT2D eigenvalue weighted by molar-refractivity contribution is -0.124. The minimum absolute atomic E-state index is 0.0371. The van der Waals surface area contributed by atoms with E-state index in [1.54, 1.807) is 29.2 Å². The van der Waals surface area contributed by atoms with Crippen LogP contribution in [0.5, 0.6) is 5.75 Å². The second kappa shape index (κ2) is 8.27. The van der Waals surface area contributed by atoms with Gasteiger partial charge < -0.3 is 19.4 Å². The summed E-state index contributed by atoms with van der Waals surface area (Å²) in [6, 6.07) is 6.99. The lowest BCUT2D eigenvalue weighted by Crippen LogP contribution is -2.47. The summed E-state index contributed by atoms with van der Waals surface area (Å²) in [7, 11) is 0. The average Bonchev–Trinajstić information content (AvgIpc) is 3.17. The molecule has 0 spiro atoms. The van der Waals surface area contributed by atoms with Crippen molar-refractivity contribution in [3.05, 3.63) is 52.9 Å².